The average Bonchev–Trinajstić information content (AvgIpc) is 2.78. The quantitative estimate of drug-likeness (QED) is 0.770. The average molecular weight is 218 g/mol. The first kappa shape index (κ1) is 10.9. The minimum Gasteiger partial charge on any atom is -0.238 e. The number of hydrogen-bond acceptors (Lipinski definition) is 1. The van der Waals surface area contributed by atoms with Gasteiger partial charge in [-0.2, -0.15) is 5.10 Å². The van der Waals surface area contributed by atoms with Crippen LogP contribution in [0.3, 0.4) is 0 Å². The van der Waals surface area contributed by atoms with Crippen LogP contribution < -0.4 is 0 Å². The first-order valence-corrected chi connectivity index (χ1v) is 5.53. The Balaban J connectivity index is 2.35. The topological polar surface area (TPSA) is 17.8 Å². The molecule has 0 bridgehead atoms. The van der Waals surface area contributed by atoms with Crippen molar-refractivity contribution in [2.45, 2.75) is 26.2 Å². The third-order valence-electron chi connectivity index (χ3n) is 2.83. The van der Waals surface area contributed by atoms with Gasteiger partial charge in [-0.3, -0.25) is 0 Å². The maximum atomic E-state index is 13.5. The predicted molar refractivity (Wildman–Crippen MR) is 62.2 cm³/mol. The molecule has 84 valence electrons. The van der Waals surface area contributed by atoms with Gasteiger partial charge in [0.1, 0.15) is 11.5 Å². The highest BCUT2D eigenvalue weighted by Crippen LogP contribution is 2.18. The molecule has 1 aromatic carbocycles. The molecule has 2 rings (SSSR count). The standard InChI is InChI=1S/C13H15FN2/c1-3-10(2)12-8-9-16(15-12)13-7-5-4-6-11(13)14/h4-10H,3H2,1-2H3. The van der Waals surface area contributed by atoms with Gasteiger partial charge in [0.15, 0.2) is 0 Å². The number of halogens is 1. The zero-order valence-electron chi connectivity index (χ0n) is 9.52. The molecule has 1 aromatic heterocycles. The number of para-hydroxylation sites is 1. The SMILES string of the molecule is CCC(C)c1ccn(-c2ccccc2F)n1. The van der Waals surface area contributed by atoms with E-state index in [1.807, 2.05) is 12.1 Å². The predicted octanol–water partition coefficient (Wildman–Crippen LogP) is 3.52. The molecule has 2 aromatic rings. The zero-order chi connectivity index (χ0) is 11.5. The van der Waals surface area contributed by atoms with Crippen LogP contribution in [0.1, 0.15) is 31.9 Å². The van der Waals surface area contributed by atoms with Crippen LogP contribution in [-0.4, -0.2) is 9.78 Å². The van der Waals surface area contributed by atoms with E-state index in [-0.39, 0.29) is 5.82 Å². The van der Waals surface area contributed by atoms with Crippen molar-refractivity contribution < 1.29 is 4.39 Å². The summed E-state index contributed by atoms with van der Waals surface area (Å²) in [6, 6.07) is 8.60. The fraction of sp³-hybridized carbons (Fsp3) is 0.308. The molecule has 2 nitrogen and oxygen atoms in total. The van der Waals surface area contributed by atoms with Crippen molar-refractivity contribution in [1.29, 1.82) is 0 Å². The van der Waals surface area contributed by atoms with Crippen LogP contribution in [0.25, 0.3) is 5.69 Å². The van der Waals surface area contributed by atoms with Gasteiger partial charge < -0.3 is 0 Å². The summed E-state index contributed by atoms with van der Waals surface area (Å²) >= 11 is 0. The lowest BCUT2D eigenvalue weighted by atomic mass is 10.1. The van der Waals surface area contributed by atoms with Gasteiger partial charge >= 0.3 is 0 Å². The van der Waals surface area contributed by atoms with E-state index < -0.39 is 0 Å². The summed E-state index contributed by atoms with van der Waals surface area (Å²) in [5.74, 6) is 0.161. The van der Waals surface area contributed by atoms with Gasteiger partial charge in [0.2, 0.25) is 0 Å². The lowest BCUT2D eigenvalue weighted by molar-refractivity contribution is 0.606. The van der Waals surface area contributed by atoms with Gasteiger partial charge in [0, 0.05) is 6.20 Å². The molecule has 0 N–H and O–H groups in total. The summed E-state index contributed by atoms with van der Waals surface area (Å²) in [7, 11) is 0. The van der Waals surface area contributed by atoms with Gasteiger partial charge in [-0.25, -0.2) is 9.07 Å². The van der Waals surface area contributed by atoms with Crippen molar-refractivity contribution in [2.24, 2.45) is 0 Å². The van der Waals surface area contributed by atoms with Crippen molar-refractivity contribution >= 4 is 0 Å². The molecule has 0 aliphatic rings. The summed E-state index contributed by atoms with van der Waals surface area (Å²) in [6.07, 6.45) is 2.84. The summed E-state index contributed by atoms with van der Waals surface area (Å²) < 4.78 is 15.1. The summed E-state index contributed by atoms with van der Waals surface area (Å²) in [4.78, 5) is 0. The molecule has 1 heterocycles. The molecule has 0 saturated heterocycles. The number of rotatable bonds is 3. The molecule has 0 spiro atoms. The largest absolute Gasteiger partial charge is 0.238 e. The van der Waals surface area contributed by atoms with Crippen LogP contribution in [0.5, 0.6) is 0 Å². The molecule has 0 aliphatic carbocycles. The zero-order valence-corrected chi connectivity index (χ0v) is 9.52. The third-order valence-corrected chi connectivity index (χ3v) is 2.83. The Kier molecular flexibility index (Phi) is 3.04. The van der Waals surface area contributed by atoms with Crippen LogP contribution in [0, 0.1) is 5.82 Å². The van der Waals surface area contributed by atoms with E-state index in [1.165, 1.54) is 6.07 Å². The lowest BCUT2D eigenvalue weighted by Crippen LogP contribution is -2.00. The van der Waals surface area contributed by atoms with E-state index in [4.69, 9.17) is 0 Å². The number of aromatic nitrogens is 2. The molecule has 0 saturated carbocycles. The van der Waals surface area contributed by atoms with E-state index in [2.05, 4.69) is 18.9 Å². The molecular formula is C13H15FN2. The maximum absolute atomic E-state index is 13.5. The monoisotopic (exact) mass is 218 g/mol. The van der Waals surface area contributed by atoms with Gasteiger partial charge in [-0.05, 0) is 30.5 Å². The van der Waals surface area contributed by atoms with Crippen LogP contribution in [0.4, 0.5) is 4.39 Å². The third kappa shape index (κ3) is 1.98. The number of benzene rings is 1. The fourth-order valence-corrected chi connectivity index (χ4v) is 1.58. The van der Waals surface area contributed by atoms with Crippen LogP contribution in [-0.2, 0) is 0 Å². The Morgan fingerprint density at radius 2 is 2.06 bits per heavy atom. The molecule has 0 radical (unpaired) electrons. The van der Waals surface area contributed by atoms with E-state index in [0.717, 1.165) is 12.1 Å². The van der Waals surface area contributed by atoms with E-state index >= 15 is 0 Å². The van der Waals surface area contributed by atoms with Crippen molar-refractivity contribution in [3.8, 4) is 5.69 Å². The highest BCUT2D eigenvalue weighted by Gasteiger charge is 2.09. The minimum atomic E-state index is -0.249. The highest BCUT2D eigenvalue weighted by molar-refractivity contribution is 5.32. The van der Waals surface area contributed by atoms with Crippen molar-refractivity contribution in [3.05, 3.63) is 48.0 Å². The number of nitrogens with zero attached hydrogens (tertiary/aromatic N) is 2. The maximum Gasteiger partial charge on any atom is 0.148 e. The Morgan fingerprint density at radius 3 is 2.75 bits per heavy atom. The van der Waals surface area contributed by atoms with Gasteiger partial charge in [-0.1, -0.05) is 26.0 Å². The minimum absolute atomic E-state index is 0.249. The second-order valence-corrected chi connectivity index (χ2v) is 3.95. The van der Waals surface area contributed by atoms with Gasteiger partial charge in [-0.15, -0.1) is 0 Å². The van der Waals surface area contributed by atoms with Crippen molar-refractivity contribution in [3.63, 3.8) is 0 Å². The molecule has 0 amide bonds. The van der Waals surface area contributed by atoms with Crippen LogP contribution in [0.2, 0.25) is 0 Å². The Bertz CT molecular complexity index is 476. The summed E-state index contributed by atoms with van der Waals surface area (Å²) in [5, 5.41) is 4.39. The summed E-state index contributed by atoms with van der Waals surface area (Å²) in [6.45, 7) is 4.24. The second-order valence-electron chi connectivity index (χ2n) is 3.95. The molecule has 0 fully saturated rings. The lowest BCUT2D eigenvalue weighted by Gasteiger charge is -2.04. The summed E-state index contributed by atoms with van der Waals surface area (Å²) in [5.41, 5.74) is 1.50. The van der Waals surface area contributed by atoms with Gasteiger partial charge in [0.25, 0.3) is 0 Å². The molecule has 1 atom stereocenters. The molecular weight excluding hydrogens is 203 g/mol. The fourth-order valence-electron chi connectivity index (χ4n) is 1.58. The van der Waals surface area contributed by atoms with Crippen LogP contribution in [0.15, 0.2) is 36.5 Å². The molecule has 16 heavy (non-hydrogen) atoms. The second kappa shape index (κ2) is 4.47. The first-order chi connectivity index (χ1) is 7.72. The van der Waals surface area contributed by atoms with Gasteiger partial charge in [0.05, 0.1) is 5.69 Å². The molecule has 1 unspecified atom stereocenters. The van der Waals surface area contributed by atoms with E-state index in [1.54, 1.807) is 23.0 Å². The van der Waals surface area contributed by atoms with E-state index in [9.17, 15) is 4.39 Å². The first-order valence-electron chi connectivity index (χ1n) is 5.53. The number of hydrogen-bond donors (Lipinski definition) is 0. The molecule has 3 heteroatoms. The highest BCUT2D eigenvalue weighted by atomic mass is 19.1. The Morgan fingerprint density at radius 1 is 1.31 bits per heavy atom. The Hall–Kier alpha value is -1.64. The van der Waals surface area contributed by atoms with Crippen LogP contribution >= 0.6 is 0 Å². The van der Waals surface area contributed by atoms with Crippen molar-refractivity contribution in [1.82, 2.24) is 9.78 Å². The van der Waals surface area contributed by atoms with E-state index in [0.29, 0.717) is 11.6 Å². The Labute approximate surface area is 94.7 Å². The van der Waals surface area contributed by atoms with Crippen molar-refractivity contribution in [2.75, 3.05) is 0 Å². The normalized spacial score (nSPS) is 12.7. The smallest absolute Gasteiger partial charge is 0.148 e. The molecule has 0 aliphatic heterocycles.